The van der Waals surface area contributed by atoms with Crippen LogP contribution in [-0.4, -0.2) is 15.6 Å². The predicted octanol–water partition coefficient (Wildman–Crippen LogP) is 3.82. The number of aromatic nitrogens is 1. The standard InChI is InChI=1S/C17H15NO2/c1-12(17(19)20)16-11-13-7-5-6-10-15(13)18(16)14-8-3-2-4-9-14/h2-12H,1H3,(H,19,20)/t12-/m1/s1. The van der Waals surface area contributed by atoms with E-state index in [-0.39, 0.29) is 0 Å². The first-order chi connectivity index (χ1) is 9.68. The maximum Gasteiger partial charge on any atom is 0.312 e. The molecule has 3 heteroatoms. The Morgan fingerprint density at radius 3 is 2.40 bits per heavy atom. The second kappa shape index (κ2) is 4.85. The van der Waals surface area contributed by atoms with Crippen LogP contribution < -0.4 is 0 Å². The molecule has 20 heavy (non-hydrogen) atoms. The van der Waals surface area contributed by atoms with Gasteiger partial charge >= 0.3 is 5.97 Å². The molecule has 0 fully saturated rings. The summed E-state index contributed by atoms with van der Waals surface area (Å²) in [5.74, 6) is -1.37. The lowest BCUT2D eigenvalue weighted by molar-refractivity contribution is -0.138. The number of nitrogens with zero attached hydrogens (tertiary/aromatic N) is 1. The number of carboxylic acids is 1. The third-order valence-electron chi connectivity index (χ3n) is 3.57. The number of aliphatic carboxylic acids is 1. The molecule has 0 saturated carbocycles. The Morgan fingerprint density at radius 1 is 1.05 bits per heavy atom. The maximum atomic E-state index is 11.3. The Bertz CT molecular complexity index is 759. The summed E-state index contributed by atoms with van der Waals surface area (Å²) in [7, 11) is 0. The van der Waals surface area contributed by atoms with Crippen LogP contribution in [0.25, 0.3) is 16.6 Å². The van der Waals surface area contributed by atoms with Gasteiger partial charge in [-0.1, -0.05) is 36.4 Å². The number of hydrogen-bond donors (Lipinski definition) is 1. The second-order valence-electron chi connectivity index (χ2n) is 4.86. The van der Waals surface area contributed by atoms with Crippen molar-refractivity contribution in [3.05, 3.63) is 66.4 Å². The van der Waals surface area contributed by atoms with Crippen LogP contribution in [0.5, 0.6) is 0 Å². The molecular weight excluding hydrogens is 250 g/mol. The van der Waals surface area contributed by atoms with Crippen molar-refractivity contribution in [1.29, 1.82) is 0 Å². The fourth-order valence-electron chi connectivity index (χ4n) is 2.49. The van der Waals surface area contributed by atoms with E-state index in [0.29, 0.717) is 0 Å². The fourth-order valence-corrected chi connectivity index (χ4v) is 2.49. The average molecular weight is 265 g/mol. The number of fused-ring (bicyclic) bond motifs is 1. The molecule has 0 spiro atoms. The van der Waals surface area contributed by atoms with Gasteiger partial charge in [-0.05, 0) is 31.2 Å². The average Bonchev–Trinajstić information content (AvgIpc) is 2.86. The highest BCUT2D eigenvalue weighted by atomic mass is 16.4. The van der Waals surface area contributed by atoms with Crippen LogP contribution in [0, 0.1) is 0 Å². The van der Waals surface area contributed by atoms with Gasteiger partial charge in [0.2, 0.25) is 0 Å². The molecule has 0 amide bonds. The molecule has 3 nitrogen and oxygen atoms in total. The molecule has 0 unspecified atom stereocenters. The highest BCUT2D eigenvalue weighted by Gasteiger charge is 2.20. The van der Waals surface area contributed by atoms with Gasteiger partial charge in [-0.25, -0.2) is 0 Å². The van der Waals surface area contributed by atoms with Gasteiger partial charge in [-0.3, -0.25) is 4.79 Å². The highest BCUT2D eigenvalue weighted by molar-refractivity contribution is 5.86. The van der Waals surface area contributed by atoms with Crippen LogP contribution in [0.2, 0.25) is 0 Å². The van der Waals surface area contributed by atoms with Crippen LogP contribution in [0.15, 0.2) is 60.7 Å². The van der Waals surface area contributed by atoms with E-state index in [1.807, 2.05) is 65.2 Å². The third-order valence-corrected chi connectivity index (χ3v) is 3.57. The number of hydrogen-bond acceptors (Lipinski definition) is 1. The Kier molecular flexibility index (Phi) is 3.03. The minimum atomic E-state index is -0.815. The first-order valence-corrected chi connectivity index (χ1v) is 6.57. The number of para-hydroxylation sites is 2. The lowest BCUT2D eigenvalue weighted by Crippen LogP contribution is -2.12. The lowest BCUT2D eigenvalue weighted by Gasteiger charge is -2.13. The summed E-state index contributed by atoms with van der Waals surface area (Å²) in [5.41, 5.74) is 2.81. The van der Waals surface area contributed by atoms with Gasteiger partial charge in [0.25, 0.3) is 0 Å². The van der Waals surface area contributed by atoms with Gasteiger partial charge in [0.15, 0.2) is 0 Å². The molecule has 3 rings (SSSR count). The van der Waals surface area contributed by atoms with Gasteiger partial charge in [-0.15, -0.1) is 0 Å². The minimum Gasteiger partial charge on any atom is -0.481 e. The monoisotopic (exact) mass is 265 g/mol. The first kappa shape index (κ1) is 12.5. The molecule has 1 atom stereocenters. The van der Waals surface area contributed by atoms with Gasteiger partial charge < -0.3 is 9.67 Å². The minimum absolute atomic E-state index is 0.553. The summed E-state index contributed by atoms with van der Waals surface area (Å²) >= 11 is 0. The van der Waals surface area contributed by atoms with Gasteiger partial charge in [0.05, 0.1) is 11.4 Å². The SMILES string of the molecule is C[C@@H](C(=O)O)c1cc2ccccc2n1-c1ccccc1. The van der Waals surface area contributed by atoms with Crippen molar-refractivity contribution in [2.45, 2.75) is 12.8 Å². The van der Waals surface area contributed by atoms with Crippen molar-refractivity contribution in [2.24, 2.45) is 0 Å². The fraction of sp³-hybridized carbons (Fsp3) is 0.118. The summed E-state index contributed by atoms with van der Waals surface area (Å²) in [6.07, 6.45) is 0. The van der Waals surface area contributed by atoms with Gasteiger partial charge in [0.1, 0.15) is 0 Å². The Labute approximate surface area is 117 Å². The van der Waals surface area contributed by atoms with Crippen LogP contribution in [0.4, 0.5) is 0 Å². The van der Waals surface area contributed by atoms with Crippen LogP contribution >= 0.6 is 0 Å². The largest absolute Gasteiger partial charge is 0.481 e. The van der Waals surface area contributed by atoms with Gasteiger partial charge in [0, 0.05) is 16.8 Å². The summed E-state index contributed by atoms with van der Waals surface area (Å²) in [6.45, 7) is 1.72. The Balaban J connectivity index is 2.32. The van der Waals surface area contributed by atoms with Crippen LogP contribution in [0.1, 0.15) is 18.5 Å². The summed E-state index contributed by atoms with van der Waals surface area (Å²) < 4.78 is 2.02. The number of carbonyl (C=O) groups is 1. The molecule has 3 aromatic rings. The van der Waals surface area contributed by atoms with E-state index in [1.54, 1.807) is 6.92 Å². The van der Waals surface area contributed by atoms with Crippen molar-refractivity contribution < 1.29 is 9.90 Å². The van der Waals surface area contributed by atoms with E-state index in [2.05, 4.69) is 0 Å². The van der Waals surface area contributed by atoms with Crippen molar-refractivity contribution in [1.82, 2.24) is 4.57 Å². The topological polar surface area (TPSA) is 42.2 Å². The molecule has 1 N–H and O–H groups in total. The van der Waals surface area contributed by atoms with Crippen molar-refractivity contribution in [2.75, 3.05) is 0 Å². The summed E-state index contributed by atoms with van der Waals surface area (Å²) in [4.78, 5) is 11.3. The zero-order valence-electron chi connectivity index (χ0n) is 11.2. The normalized spacial score (nSPS) is 12.4. The van der Waals surface area contributed by atoms with E-state index in [0.717, 1.165) is 22.3 Å². The molecule has 0 saturated heterocycles. The second-order valence-corrected chi connectivity index (χ2v) is 4.86. The van der Waals surface area contributed by atoms with E-state index in [4.69, 9.17) is 0 Å². The molecule has 0 radical (unpaired) electrons. The number of carboxylic acid groups (broad SMARTS) is 1. The Morgan fingerprint density at radius 2 is 1.70 bits per heavy atom. The van der Waals surface area contributed by atoms with E-state index in [9.17, 15) is 9.90 Å². The predicted molar refractivity (Wildman–Crippen MR) is 79.3 cm³/mol. The Hall–Kier alpha value is -2.55. The summed E-state index contributed by atoms with van der Waals surface area (Å²) in [6, 6.07) is 19.8. The molecule has 0 bridgehead atoms. The third kappa shape index (κ3) is 1.97. The zero-order valence-corrected chi connectivity index (χ0v) is 11.2. The van der Waals surface area contributed by atoms with E-state index < -0.39 is 11.9 Å². The lowest BCUT2D eigenvalue weighted by atomic mass is 10.1. The molecular formula is C17H15NO2. The van der Waals surface area contributed by atoms with Crippen molar-refractivity contribution in [3.8, 4) is 5.69 Å². The molecule has 1 heterocycles. The van der Waals surface area contributed by atoms with Crippen LogP contribution in [-0.2, 0) is 4.79 Å². The van der Waals surface area contributed by atoms with Crippen molar-refractivity contribution in [3.63, 3.8) is 0 Å². The van der Waals surface area contributed by atoms with E-state index in [1.165, 1.54) is 0 Å². The first-order valence-electron chi connectivity index (χ1n) is 6.57. The molecule has 100 valence electrons. The zero-order chi connectivity index (χ0) is 14.1. The maximum absolute atomic E-state index is 11.3. The van der Waals surface area contributed by atoms with Crippen molar-refractivity contribution >= 4 is 16.9 Å². The molecule has 0 aliphatic rings. The molecule has 0 aliphatic heterocycles. The van der Waals surface area contributed by atoms with Gasteiger partial charge in [-0.2, -0.15) is 0 Å². The van der Waals surface area contributed by atoms with Crippen LogP contribution in [0.3, 0.4) is 0 Å². The summed E-state index contributed by atoms with van der Waals surface area (Å²) in [5, 5.41) is 10.4. The quantitative estimate of drug-likeness (QED) is 0.782. The molecule has 2 aromatic carbocycles. The number of benzene rings is 2. The number of rotatable bonds is 3. The smallest absolute Gasteiger partial charge is 0.312 e. The molecule has 0 aliphatic carbocycles. The molecule has 1 aromatic heterocycles. The highest BCUT2D eigenvalue weighted by Crippen LogP contribution is 2.29. The van der Waals surface area contributed by atoms with E-state index >= 15 is 0 Å².